The van der Waals surface area contributed by atoms with Crippen LogP contribution in [0.3, 0.4) is 0 Å². The highest BCUT2D eigenvalue weighted by Crippen LogP contribution is 2.45. The Hall–Kier alpha value is -5.35. The molecule has 0 aliphatic rings. The van der Waals surface area contributed by atoms with E-state index in [2.05, 4.69) is 203 Å². The zero-order valence-electron chi connectivity index (χ0n) is 72.1. The van der Waals surface area contributed by atoms with Crippen LogP contribution in [0, 0.1) is 0 Å². The number of aliphatic hydroxyl groups is 2. The van der Waals surface area contributed by atoms with Crippen molar-refractivity contribution in [3.8, 4) is 0 Å². The van der Waals surface area contributed by atoms with Crippen LogP contribution in [0.1, 0.15) is 355 Å². The lowest BCUT2D eigenvalue weighted by Crippen LogP contribution is -2.30. The Morgan fingerprint density at radius 2 is 0.435 bits per heavy atom. The molecule has 0 saturated carbocycles. The van der Waals surface area contributed by atoms with Crippen LogP contribution >= 0.6 is 15.6 Å². The second kappa shape index (κ2) is 87.9. The summed E-state index contributed by atoms with van der Waals surface area (Å²) in [6.07, 6.45) is 115. The molecule has 0 bridgehead atoms. The van der Waals surface area contributed by atoms with Gasteiger partial charge in [0.25, 0.3) is 0 Å². The third kappa shape index (κ3) is 89.3. The van der Waals surface area contributed by atoms with Gasteiger partial charge >= 0.3 is 33.6 Å². The summed E-state index contributed by atoms with van der Waals surface area (Å²) < 4.78 is 61.4. The highest BCUT2D eigenvalue weighted by molar-refractivity contribution is 7.47. The average Bonchev–Trinajstić information content (AvgIpc) is 0.894. The van der Waals surface area contributed by atoms with Gasteiger partial charge in [0.1, 0.15) is 25.4 Å². The van der Waals surface area contributed by atoms with Crippen molar-refractivity contribution >= 4 is 33.6 Å². The number of carbonyl (C=O) groups excluding carboxylic acids is 3. The van der Waals surface area contributed by atoms with Crippen molar-refractivity contribution in [2.45, 2.75) is 373 Å². The summed E-state index contributed by atoms with van der Waals surface area (Å²) in [6, 6.07) is 0. The minimum absolute atomic E-state index is 0.0822. The van der Waals surface area contributed by atoms with E-state index in [1.807, 2.05) is 0 Å². The molecule has 5 atom stereocenters. The highest BCUT2D eigenvalue weighted by Gasteiger charge is 2.29. The number of esters is 3. The molecule has 0 heterocycles. The van der Waals surface area contributed by atoms with Crippen molar-refractivity contribution in [3.63, 3.8) is 0 Å². The van der Waals surface area contributed by atoms with Gasteiger partial charge in [-0.25, -0.2) is 9.13 Å². The van der Waals surface area contributed by atoms with E-state index in [0.717, 1.165) is 186 Å². The van der Waals surface area contributed by atoms with E-state index in [4.69, 9.17) is 32.3 Å². The minimum atomic E-state index is -4.95. The van der Waals surface area contributed by atoms with Gasteiger partial charge in [-0.1, -0.05) is 364 Å². The number of ether oxygens (including phenoxy) is 3. The summed E-state index contributed by atoms with van der Waals surface area (Å²) in [5, 5.41) is 20.7. The molecule has 0 radical (unpaired) electrons. The van der Waals surface area contributed by atoms with Crippen molar-refractivity contribution in [1.29, 1.82) is 0 Å². The number of aliphatic hydroxyl groups excluding tert-OH is 2. The van der Waals surface area contributed by atoms with E-state index in [9.17, 15) is 43.5 Å². The molecule has 0 aromatic rings. The molecule has 0 saturated heterocycles. The molecule has 16 nitrogen and oxygen atoms in total. The number of phosphoric ester groups is 2. The molecule has 0 aromatic heterocycles. The van der Waals surface area contributed by atoms with Gasteiger partial charge < -0.3 is 34.2 Å². The smallest absolute Gasteiger partial charge is 0.463 e. The van der Waals surface area contributed by atoms with Crippen molar-refractivity contribution in [2.24, 2.45) is 0 Å². The molecule has 0 amide bonds. The van der Waals surface area contributed by atoms with E-state index in [0.29, 0.717) is 19.3 Å². The summed E-state index contributed by atoms with van der Waals surface area (Å²) in [4.78, 5) is 59.0. The molecule has 5 unspecified atom stereocenters. The number of carbonyl (C=O) groups is 3. The molecular weight excluding hydrogens is 1480 g/mol. The Morgan fingerprint density at radius 3 is 0.687 bits per heavy atom. The molecule has 18 heteroatoms. The second-order valence-corrected chi connectivity index (χ2v) is 32.5. The summed E-state index contributed by atoms with van der Waals surface area (Å²) in [6.45, 7) is 2.35. The predicted molar refractivity (Wildman–Crippen MR) is 481 cm³/mol. The predicted octanol–water partition coefficient (Wildman–Crippen LogP) is 27.7. The van der Waals surface area contributed by atoms with E-state index in [1.165, 1.54) is 109 Å². The van der Waals surface area contributed by atoms with Crippen LogP contribution in [0.2, 0.25) is 0 Å². The fourth-order valence-electron chi connectivity index (χ4n) is 11.9. The van der Waals surface area contributed by atoms with E-state index in [-0.39, 0.29) is 19.3 Å². The lowest BCUT2D eigenvalue weighted by atomic mass is 10.0. The van der Waals surface area contributed by atoms with Crippen molar-refractivity contribution < 1.29 is 75.8 Å². The molecule has 4 N–H and O–H groups in total. The first-order chi connectivity index (χ1) is 56.2. The van der Waals surface area contributed by atoms with Crippen molar-refractivity contribution in [3.05, 3.63) is 182 Å². The van der Waals surface area contributed by atoms with E-state index < -0.39 is 91.5 Å². The monoisotopic (exact) mass is 1650 g/mol. The summed E-state index contributed by atoms with van der Waals surface area (Å²) in [5.41, 5.74) is 0. The zero-order valence-corrected chi connectivity index (χ0v) is 73.9. The van der Waals surface area contributed by atoms with Crippen LogP contribution in [0.25, 0.3) is 0 Å². The summed E-state index contributed by atoms with van der Waals surface area (Å²) >= 11 is 0. The van der Waals surface area contributed by atoms with Crippen LogP contribution in [-0.2, 0) is 55.8 Å². The first-order valence-electron chi connectivity index (χ1n) is 45.1. The van der Waals surface area contributed by atoms with E-state index >= 15 is 0 Å². The Balaban J connectivity index is 4.58. The van der Waals surface area contributed by atoms with Crippen LogP contribution in [0.5, 0.6) is 0 Å². The number of allylic oxidation sites excluding steroid dienone is 30. The number of rotatable bonds is 84. The van der Waals surface area contributed by atoms with Crippen LogP contribution in [0.15, 0.2) is 182 Å². The lowest BCUT2D eigenvalue weighted by Gasteiger charge is -2.21. The van der Waals surface area contributed by atoms with Gasteiger partial charge in [-0.15, -0.1) is 0 Å². The Morgan fingerprint density at radius 1 is 0.243 bits per heavy atom. The van der Waals surface area contributed by atoms with Crippen molar-refractivity contribution in [1.82, 2.24) is 0 Å². The van der Waals surface area contributed by atoms with Gasteiger partial charge in [0.15, 0.2) is 6.10 Å². The van der Waals surface area contributed by atoms with Crippen LogP contribution in [-0.4, -0.2) is 95.9 Å². The number of hydrogen-bond donors (Lipinski definition) is 4. The number of hydrogen-bond acceptors (Lipinski definition) is 14. The SMILES string of the molecule is CC/C=C\C/C=C\C/C=C\C/C=C\C/C=C\C/C=C\CCCCCCCCCCCCC(=O)OCC(COP(=O)(O)OCC(O)COP(=O)(O)OCC(O)COC(=O)CCCCCCCCCCCCCCCCC/C=C\C/C=C\C/C=C\C/C=C\C/C=C\CC)OC(=O)CCCCCCCC/C=C\C/C=C\C/C=C\C/C=C\CC. The van der Waals surface area contributed by atoms with Gasteiger partial charge in [0.05, 0.1) is 26.4 Å². The fourth-order valence-corrected chi connectivity index (χ4v) is 13.5. The maximum atomic E-state index is 13.0. The molecule has 115 heavy (non-hydrogen) atoms. The Bertz CT molecular complexity index is 2820. The van der Waals surface area contributed by atoms with Crippen LogP contribution < -0.4 is 0 Å². The fraction of sp³-hybridized carbons (Fsp3) is 0.660. The average molecular weight is 1650 g/mol. The highest BCUT2D eigenvalue weighted by atomic mass is 31.2. The van der Waals surface area contributed by atoms with Crippen LogP contribution in [0.4, 0.5) is 0 Å². The maximum absolute atomic E-state index is 13.0. The molecule has 0 spiro atoms. The number of phosphoric acid groups is 2. The Kier molecular flexibility index (Phi) is 83.9. The van der Waals surface area contributed by atoms with Gasteiger partial charge in [0.2, 0.25) is 0 Å². The molecule has 0 aliphatic carbocycles. The first-order valence-corrected chi connectivity index (χ1v) is 48.1. The molecular formula is C97H162O16P2. The lowest BCUT2D eigenvalue weighted by molar-refractivity contribution is -0.161. The Labute approximate surface area is 700 Å². The third-order valence-corrected chi connectivity index (χ3v) is 20.5. The normalized spacial score (nSPS) is 14.7. The molecule has 0 rings (SSSR count). The molecule has 0 fully saturated rings. The quantitative estimate of drug-likeness (QED) is 0.0146. The molecule has 0 aliphatic heterocycles. The third-order valence-electron chi connectivity index (χ3n) is 18.6. The van der Waals surface area contributed by atoms with Gasteiger partial charge in [-0.05, 0) is 154 Å². The van der Waals surface area contributed by atoms with E-state index in [1.54, 1.807) is 0 Å². The minimum Gasteiger partial charge on any atom is -0.463 e. The van der Waals surface area contributed by atoms with Gasteiger partial charge in [-0.3, -0.25) is 32.5 Å². The standard InChI is InChI=1S/C97H162O16P2/c1-4-7-10-13-16-19-22-25-28-31-34-36-38-40-42-44-45-47-49-50-52-54-57-59-62-65-68-71-74-77-80-83-95(100)107-86-92(98)87-109-114(103,104)110-88-93(99)89-111-115(105,106)112-91-94(113-97(102)85-82-79-76-73-70-67-64-61-56-33-30-27-24-21-18-15-12-9-6-3)90-108-96(101)84-81-78-75-72-69-66-63-60-58-55-53-51-48-46-43-41-39-37-35-32-29-26-23-20-17-14-11-8-5-2/h7-12,16-21,25-30,34-37,40-43,48,51,56,61,92-94,98-99H,4-6,13-15,22-24,31-33,38-39,44-47,49-50,52-55,57-60,62-91H2,1-3H3,(H,103,104)(H,105,106)/b10-7-,11-8-,12-9-,19-16-,20-17-,21-18-,28-25-,29-26-,30-27-,36-34-,37-35-,42-40-,43-41-,51-48-,61-56-. The topological polar surface area (TPSA) is 231 Å². The zero-order chi connectivity index (χ0) is 83.6. The second-order valence-electron chi connectivity index (χ2n) is 29.6. The molecule has 0 aromatic carbocycles. The summed E-state index contributed by atoms with van der Waals surface area (Å²) in [7, 11) is -9.82. The molecule has 656 valence electrons. The van der Waals surface area contributed by atoms with Crippen molar-refractivity contribution in [2.75, 3.05) is 39.6 Å². The van der Waals surface area contributed by atoms with Gasteiger partial charge in [0, 0.05) is 19.3 Å². The van der Waals surface area contributed by atoms with Gasteiger partial charge in [-0.2, -0.15) is 0 Å². The maximum Gasteiger partial charge on any atom is 0.472 e. The number of unbranched alkanes of at least 4 members (excludes halogenated alkanes) is 31. The largest absolute Gasteiger partial charge is 0.472 e. The first kappa shape index (κ1) is 110. The summed E-state index contributed by atoms with van der Waals surface area (Å²) in [5.74, 6) is -1.59.